The third-order valence-electron chi connectivity index (χ3n) is 5.32. The van der Waals surface area contributed by atoms with Crippen molar-refractivity contribution in [2.75, 3.05) is 13.2 Å². The Balaban J connectivity index is 1.80. The summed E-state index contributed by atoms with van der Waals surface area (Å²) in [5.74, 6) is -1.94. The summed E-state index contributed by atoms with van der Waals surface area (Å²) in [4.78, 5) is 36.9. The van der Waals surface area contributed by atoms with Gasteiger partial charge in [-0.2, -0.15) is 0 Å². The van der Waals surface area contributed by atoms with E-state index >= 15 is 0 Å². The summed E-state index contributed by atoms with van der Waals surface area (Å²) in [5.41, 5.74) is 4.29. The molecule has 0 unspecified atom stereocenters. The highest BCUT2D eigenvalue weighted by Gasteiger charge is 2.42. The van der Waals surface area contributed by atoms with E-state index in [1.54, 1.807) is 44.2 Å². The van der Waals surface area contributed by atoms with Crippen molar-refractivity contribution in [1.29, 1.82) is 0 Å². The standard InChI is InChI=1S/C24H21NO6/c1-3-30-24(29)19-13(2)25-22-16-6-4-5-7-17(16)23(28)21(22)20(19)14-8-10-15(11-9-14)31-12-18(26)27/h4-11,20,25H,3,12H2,1-2H3,(H,26,27)/t20-/m1/s1. The van der Waals surface area contributed by atoms with Crippen LogP contribution in [0.15, 0.2) is 65.4 Å². The van der Waals surface area contributed by atoms with Crippen molar-refractivity contribution in [2.24, 2.45) is 0 Å². The normalized spacial score (nSPS) is 17.1. The monoisotopic (exact) mass is 419 g/mol. The minimum absolute atomic E-state index is 0.136. The number of allylic oxidation sites excluding steroid dienone is 2. The van der Waals surface area contributed by atoms with Gasteiger partial charge in [0.15, 0.2) is 12.4 Å². The quantitative estimate of drug-likeness (QED) is 0.693. The van der Waals surface area contributed by atoms with E-state index in [1.807, 2.05) is 18.2 Å². The molecule has 4 rings (SSSR count). The molecule has 0 aromatic heterocycles. The number of hydrogen-bond donors (Lipinski definition) is 2. The van der Waals surface area contributed by atoms with Gasteiger partial charge in [-0.15, -0.1) is 0 Å². The van der Waals surface area contributed by atoms with Gasteiger partial charge in [-0.3, -0.25) is 4.79 Å². The summed E-state index contributed by atoms with van der Waals surface area (Å²) >= 11 is 0. The lowest BCUT2D eigenvalue weighted by Crippen LogP contribution is -2.29. The van der Waals surface area contributed by atoms with Crippen LogP contribution in [0.25, 0.3) is 5.70 Å². The Morgan fingerprint density at radius 2 is 1.74 bits per heavy atom. The number of hydrogen-bond acceptors (Lipinski definition) is 6. The van der Waals surface area contributed by atoms with Crippen molar-refractivity contribution in [3.63, 3.8) is 0 Å². The molecule has 0 radical (unpaired) electrons. The van der Waals surface area contributed by atoms with Crippen LogP contribution in [0.2, 0.25) is 0 Å². The van der Waals surface area contributed by atoms with E-state index in [2.05, 4.69) is 5.32 Å². The van der Waals surface area contributed by atoms with Crippen LogP contribution in [0, 0.1) is 0 Å². The SMILES string of the molecule is CCOC(=O)C1=C(C)NC2=C(C(=O)c3ccccc32)[C@@H]1c1ccc(OCC(=O)O)cc1. The second kappa shape index (κ2) is 8.10. The van der Waals surface area contributed by atoms with E-state index in [0.29, 0.717) is 39.4 Å². The first-order chi connectivity index (χ1) is 14.9. The molecule has 2 aromatic rings. The predicted molar refractivity (Wildman–Crippen MR) is 112 cm³/mol. The lowest BCUT2D eigenvalue weighted by Gasteiger charge is -2.29. The molecule has 0 saturated carbocycles. The largest absolute Gasteiger partial charge is 0.482 e. The summed E-state index contributed by atoms with van der Waals surface area (Å²) < 4.78 is 10.5. The van der Waals surface area contributed by atoms with Gasteiger partial charge in [0.1, 0.15) is 5.75 Å². The van der Waals surface area contributed by atoms with Gasteiger partial charge >= 0.3 is 11.9 Å². The van der Waals surface area contributed by atoms with E-state index in [-0.39, 0.29) is 12.4 Å². The summed E-state index contributed by atoms with van der Waals surface area (Å²) in [7, 11) is 0. The number of carboxylic acid groups (broad SMARTS) is 1. The number of Topliss-reactive ketones (excluding diaryl/α,β-unsaturated/α-hetero) is 1. The van der Waals surface area contributed by atoms with Gasteiger partial charge in [0.05, 0.1) is 17.9 Å². The molecule has 7 heteroatoms. The molecule has 2 aliphatic rings. The first-order valence-electron chi connectivity index (χ1n) is 9.90. The number of aliphatic carboxylic acids is 1. The van der Waals surface area contributed by atoms with E-state index in [9.17, 15) is 14.4 Å². The Morgan fingerprint density at radius 3 is 2.39 bits per heavy atom. The molecule has 0 saturated heterocycles. The number of fused-ring (bicyclic) bond motifs is 2. The second-order valence-electron chi connectivity index (χ2n) is 7.23. The molecule has 0 amide bonds. The molecule has 7 nitrogen and oxygen atoms in total. The number of nitrogens with one attached hydrogen (secondary N) is 1. The van der Waals surface area contributed by atoms with Crippen LogP contribution in [0.1, 0.15) is 41.3 Å². The maximum absolute atomic E-state index is 13.3. The van der Waals surface area contributed by atoms with E-state index in [1.165, 1.54) is 0 Å². The number of ketones is 1. The average molecular weight is 419 g/mol. The molecular weight excluding hydrogens is 398 g/mol. The van der Waals surface area contributed by atoms with Crippen LogP contribution in [0.5, 0.6) is 5.75 Å². The fourth-order valence-corrected chi connectivity index (χ4v) is 4.04. The Kier molecular flexibility index (Phi) is 5.33. The molecule has 2 aromatic carbocycles. The zero-order chi connectivity index (χ0) is 22.1. The van der Waals surface area contributed by atoms with E-state index < -0.39 is 24.5 Å². The lowest BCUT2D eigenvalue weighted by molar-refractivity contribution is -0.140. The zero-order valence-corrected chi connectivity index (χ0v) is 17.1. The Hall–Kier alpha value is -3.87. The van der Waals surface area contributed by atoms with Crippen LogP contribution in [0.4, 0.5) is 0 Å². The number of rotatable bonds is 6. The molecule has 158 valence electrons. The Morgan fingerprint density at radius 1 is 1.06 bits per heavy atom. The number of dihydropyridines is 1. The number of esters is 1. The zero-order valence-electron chi connectivity index (χ0n) is 17.1. The van der Waals surface area contributed by atoms with Gasteiger partial charge in [0.2, 0.25) is 0 Å². The Bertz CT molecular complexity index is 1140. The van der Waals surface area contributed by atoms with Gasteiger partial charge in [-0.1, -0.05) is 36.4 Å². The predicted octanol–water partition coefficient (Wildman–Crippen LogP) is 3.28. The minimum Gasteiger partial charge on any atom is -0.482 e. The van der Waals surface area contributed by atoms with E-state index in [4.69, 9.17) is 14.6 Å². The highest BCUT2D eigenvalue weighted by atomic mass is 16.5. The molecule has 1 aliphatic carbocycles. The number of carboxylic acids is 1. The second-order valence-corrected chi connectivity index (χ2v) is 7.23. The van der Waals surface area contributed by atoms with Crippen molar-refractivity contribution in [3.05, 3.63) is 82.1 Å². The number of carbonyl (C=O) groups excluding carboxylic acids is 2. The summed E-state index contributed by atoms with van der Waals surface area (Å²) in [6.07, 6.45) is 0. The summed E-state index contributed by atoms with van der Waals surface area (Å²) in [6, 6.07) is 14.1. The number of carbonyl (C=O) groups is 3. The Labute approximate surface area is 179 Å². The molecule has 31 heavy (non-hydrogen) atoms. The molecule has 0 spiro atoms. The first kappa shape index (κ1) is 20.4. The van der Waals surface area contributed by atoms with Crippen LogP contribution in [-0.2, 0) is 14.3 Å². The molecule has 2 N–H and O–H groups in total. The lowest BCUT2D eigenvalue weighted by atomic mass is 9.80. The molecular formula is C24H21NO6. The highest BCUT2D eigenvalue weighted by molar-refractivity contribution is 6.23. The maximum atomic E-state index is 13.3. The summed E-state index contributed by atoms with van der Waals surface area (Å²) in [6.45, 7) is 3.28. The van der Waals surface area contributed by atoms with Crippen molar-refractivity contribution < 1.29 is 29.0 Å². The summed E-state index contributed by atoms with van der Waals surface area (Å²) in [5, 5.41) is 12.0. The number of benzene rings is 2. The van der Waals surface area contributed by atoms with Crippen LogP contribution < -0.4 is 10.1 Å². The van der Waals surface area contributed by atoms with E-state index in [0.717, 1.165) is 5.56 Å². The topological polar surface area (TPSA) is 102 Å². The average Bonchev–Trinajstić information content (AvgIpc) is 3.04. The van der Waals surface area contributed by atoms with Gasteiger partial charge in [0, 0.05) is 28.3 Å². The van der Waals surface area contributed by atoms with Crippen molar-refractivity contribution >= 4 is 23.4 Å². The third kappa shape index (κ3) is 3.59. The van der Waals surface area contributed by atoms with Gasteiger partial charge < -0.3 is 19.9 Å². The molecule has 0 fully saturated rings. The third-order valence-corrected chi connectivity index (χ3v) is 5.32. The van der Waals surface area contributed by atoms with Crippen LogP contribution >= 0.6 is 0 Å². The van der Waals surface area contributed by atoms with Crippen molar-refractivity contribution in [1.82, 2.24) is 5.32 Å². The first-order valence-corrected chi connectivity index (χ1v) is 9.90. The van der Waals surface area contributed by atoms with Crippen molar-refractivity contribution in [3.8, 4) is 5.75 Å². The van der Waals surface area contributed by atoms with Gasteiger partial charge in [-0.25, -0.2) is 9.59 Å². The molecule has 1 heterocycles. The smallest absolute Gasteiger partial charge is 0.341 e. The van der Waals surface area contributed by atoms with Crippen molar-refractivity contribution in [2.45, 2.75) is 19.8 Å². The molecule has 0 bridgehead atoms. The maximum Gasteiger partial charge on any atom is 0.341 e. The van der Waals surface area contributed by atoms with Gasteiger partial charge in [-0.05, 0) is 31.5 Å². The number of ether oxygens (including phenoxy) is 2. The van der Waals surface area contributed by atoms with Crippen LogP contribution in [-0.4, -0.2) is 36.0 Å². The fourth-order valence-electron chi connectivity index (χ4n) is 4.04. The highest BCUT2D eigenvalue weighted by Crippen LogP contribution is 2.46. The fraction of sp³-hybridized carbons (Fsp3) is 0.208. The van der Waals surface area contributed by atoms with Gasteiger partial charge in [0.25, 0.3) is 0 Å². The van der Waals surface area contributed by atoms with Crippen LogP contribution in [0.3, 0.4) is 0 Å². The molecule has 1 aliphatic heterocycles. The minimum atomic E-state index is -1.07. The molecule has 1 atom stereocenters.